The van der Waals surface area contributed by atoms with Gasteiger partial charge in [0.15, 0.2) is 6.10 Å². The quantitative estimate of drug-likeness (QED) is 0.469. The van der Waals surface area contributed by atoms with E-state index in [0.717, 1.165) is 12.8 Å². The van der Waals surface area contributed by atoms with Gasteiger partial charge in [0.05, 0.1) is 0 Å². The lowest BCUT2D eigenvalue weighted by Gasteiger charge is -2.23. The molecule has 106 valence electrons. The van der Waals surface area contributed by atoms with E-state index in [1.54, 1.807) is 0 Å². The largest absolute Gasteiger partial charge is 0.479 e. The number of hydrogen-bond acceptors (Lipinski definition) is 4. The Balaban J connectivity index is 3.76. The number of amides is 1. The van der Waals surface area contributed by atoms with Crippen LogP contribution in [0.5, 0.6) is 0 Å². The van der Waals surface area contributed by atoms with Crippen LogP contribution < -0.4 is 11.1 Å². The number of nitrogens with two attached hydrogens (primary N) is 1. The average Bonchev–Trinajstić information content (AvgIpc) is 2.26. The zero-order chi connectivity index (χ0) is 14.2. The molecular weight excluding hydrogens is 236 g/mol. The second-order valence-electron chi connectivity index (χ2n) is 5.20. The molecule has 0 heterocycles. The molecule has 18 heavy (non-hydrogen) atoms. The van der Waals surface area contributed by atoms with Gasteiger partial charge in [-0.2, -0.15) is 0 Å². The summed E-state index contributed by atoms with van der Waals surface area (Å²) < 4.78 is 0. The van der Waals surface area contributed by atoms with E-state index < -0.39 is 12.1 Å². The van der Waals surface area contributed by atoms with Gasteiger partial charge in [-0.15, -0.1) is 0 Å². The fourth-order valence-corrected chi connectivity index (χ4v) is 1.53. The third-order valence-electron chi connectivity index (χ3n) is 2.87. The number of carboxylic acid groups (broad SMARTS) is 1. The molecule has 6 nitrogen and oxygen atoms in total. The Labute approximate surface area is 108 Å². The smallest absolute Gasteiger partial charge is 0.332 e. The van der Waals surface area contributed by atoms with Crippen LogP contribution in [0.25, 0.3) is 0 Å². The Morgan fingerprint density at radius 1 is 1.33 bits per heavy atom. The number of nitrogens with one attached hydrogen (secondary N) is 1. The normalized spacial score (nSPS) is 13.1. The molecule has 0 aromatic rings. The van der Waals surface area contributed by atoms with E-state index >= 15 is 0 Å². The van der Waals surface area contributed by atoms with Gasteiger partial charge in [0, 0.05) is 19.4 Å². The molecule has 1 unspecified atom stereocenters. The van der Waals surface area contributed by atoms with Crippen molar-refractivity contribution in [3.63, 3.8) is 0 Å². The standard InChI is InChI=1S/C12H24N2O4/c1-12(2,6-7-13)5-3-10(16)14-8-4-9(15)11(17)18/h9,15H,3-8,13H2,1-2H3,(H,14,16)(H,17,18). The van der Waals surface area contributed by atoms with Crippen LogP contribution in [0.2, 0.25) is 0 Å². The molecule has 0 bridgehead atoms. The van der Waals surface area contributed by atoms with Crippen LogP contribution in [0.15, 0.2) is 0 Å². The summed E-state index contributed by atoms with van der Waals surface area (Å²) in [6.45, 7) is 4.88. The van der Waals surface area contributed by atoms with Gasteiger partial charge in [0.25, 0.3) is 0 Å². The fraction of sp³-hybridized carbons (Fsp3) is 0.833. The molecule has 0 saturated heterocycles. The van der Waals surface area contributed by atoms with Crippen molar-refractivity contribution in [3.05, 3.63) is 0 Å². The van der Waals surface area contributed by atoms with Crippen molar-refractivity contribution in [1.82, 2.24) is 5.32 Å². The van der Waals surface area contributed by atoms with Crippen molar-refractivity contribution in [2.24, 2.45) is 11.1 Å². The summed E-state index contributed by atoms with van der Waals surface area (Å²) in [6, 6.07) is 0. The first kappa shape index (κ1) is 16.9. The van der Waals surface area contributed by atoms with Crippen LogP contribution in [-0.4, -0.2) is 41.3 Å². The first-order valence-corrected chi connectivity index (χ1v) is 6.16. The molecule has 0 rings (SSSR count). The summed E-state index contributed by atoms with van der Waals surface area (Å²) in [5, 5.41) is 20.0. The monoisotopic (exact) mass is 260 g/mol. The van der Waals surface area contributed by atoms with Crippen LogP contribution in [0.1, 0.15) is 39.5 Å². The molecule has 0 aliphatic heterocycles. The second-order valence-corrected chi connectivity index (χ2v) is 5.20. The minimum atomic E-state index is -1.42. The van der Waals surface area contributed by atoms with Gasteiger partial charge in [-0.25, -0.2) is 4.79 Å². The van der Waals surface area contributed by atoms with Crippen molar-refractivity contribution < 1.29 is 19.8 Å². The van der Waals surface area contributed by atoms with Gasteiger partial charge in [-0.1, -0.05) is 13.8 Å². The van der Waals surface area contributed by atoms with E-state index in [4.69, 9.17) is 15.9 Å². The molecule has 0 aliphatic rings. The van der Waals surface area contributed by atoms with Crippen LogP contribution in [0.3, 0.4) is 0 Å². The minimum absolute atomic E-state index is 0.0211. The van der Waals surface area contributed by atoms with Crippen LogP contribution in [-0.2, 0) is 9.59 Å². The number of carbonyl (C=O) groups excluding carboxylic acids is 1. The number of carbonyl (C=O) groups is 2. The van der Waals surface area contributed by atoms with Gasteiger partial charge < -0.3 is 21.3 Å². The molecular formula is C12H24N2O4. The lowest BCUT2D eigenvalue weighted by molar-refractivity contribution is -0.147. The molecule has 1 amide bonds. The lowest BCUT2D eigenvalue weighted by atomic mass is 9.84. The maximum absolute atomic E-state index is 11.5. The van der Waals surface area contributed by atoms with Crippen molar-refractivity contribution in [1.29, 1.82) is 0 Å². The van der Waals surface area contributed by atoms with Crippen molar-refractivity contribution in [2.45, 2.75) is 45.6 Å². The number of aliphatic carboxylic acids is 1. The minimum Gasteiger partial charge on any atom is -0.479 e. The molecule has 0 aliphatic carbocycles. The molecule has 1 atom stereocenters. The Bertz CT molecular complexity index is 279. The van der Waals surface area contributed by atoms with Crippen molar-refractivity contribution >= 4 is 11.9 Å². The lowest BCUT2D eigenvalue weighted by Crippen LogP contribution is -2.30. The Morgan fingerprint density at radius 2 is 1.94 bits per heavy atom. The van der Waals surface area contributed by atoms with Crippen LogP contribution >= 0.6 is 0 Å². The van der Waals surface area contributed by atoms with E-state index in [-0.39, 0.29) is 24.3 Å². The molecule has 0 saturated carbocycles. The highest BCUT2D eigenvalue weighted by atomic mass is 16.4. The summed E-state index contributed by atoms with van der Waals surface area (Å²) in [5.74, 6) is -1.40. The number of aliphatic hydroxyl groups is 1. The highest BCUT2D eigenvalue weighted by Crippen LogP contribution is 2.25. The Morgan fingerprint density at radius 3 is 2.44 bits per heavy atom. The van der Waals surface area contributed by atoms with Crippen molar-refractivity contribution in [2.75, 3.05) is 13.1 Å². The van der Waals surface area contributed by atoms with Crippen LogP contribution in [0.4, 0.5) is 0 Å². The van der Waals surface area contributed by atoms with E-state index in [2.05, 4.69) is 19.2 Å². The molecule has 0 spiro atoms. The zero-order valence-corrected chi connectivity index (χ0v) is 11.1. The topological polar surface area (TPSA) is 113 Å². The predicted molar refractivity (Wildman–Crippen MR) is 68.0 cm³/mol. The second kappa shape index (κ2) is 8.05. The molecule has 5 N–H and O–H groups in total. The van der Waals surface area contributed by atoms with Gasteiger partial charge >= 0.3 is 5.97 Å². The molecule has 0 aromatic carbocycles. The highest BCUT2D eigenvalue weighted by Gasteiger charge is 2.18. The maximum atomic E-state index is 11.5. The summed E-state index contributed by atoms with van der Waals surface area (Å²) >= 11 is 0. The fourth-order valence-electron chi connectivity index (χ4n) is 1.53. The number of rotatable bonds is 9. The Kier molecular flexibility index (Phi) is 7.54. The molecule has 0 radical (unpaired) electrons. The van der Waals surface area contributed by atoms with E-state index in [9.17, 15) is 9.59 Å². The first-order chi connectivity index (χ1) is 8.28. The molecule has 0 fully saturated rings. The first-order valence-electron chi connectivity index (χ1n) is 6.16. The third-order valence-corrected chi connectivity index (χ3v) is 2.87. The third kappa shape index (κ3) is 8.03. The summed E-state index contributed by atoms with van der Waals surface area (Å²) in [4.78, 5) is 21.8. The van der Waals surface area contributed by atoms with Gasteiger partial charge in [0.1, 0.15) is 0 Å². The van der Waals surface area contributed by atoms with E-state index in [0.29, 0.717) is 13.0 Å². The van der Waals surface area contributed by atoms with Crippen molar-refractivity contribution in [3.8, 4) is 0 Å². The van der Waals surface area contributed by atoms with Crippen LogP contribution in [0, 0.1) is 5.41 Å². The molecule has 0 aromatic heterocycles. The number of hydrogen-bond donors (Lipinski definition) is 4. The summed E-state index contributed by atoms with van der Waals surface area (Å²) in [6.07, 6.45) is 0.581. The average molecular weight is 260 g/mol. The highest BCUT2D eigenvalue weighted by molar-refractivity contribution is 5.76. The molecule has 6 heteroatoms. The predicted octanol–water partition coefficient (Wildman–Crippen LogP) is 0.0934. The summed E-state index contributed by atoms with van der Waals surface area (Å²) in [7, 11) is 0. The SMILES string of the molecule is CC(C)(CCN)CCC(=O)NCCC(O)C(=O)O. The Hall–Kier alpha value is -1.14. The van der Waals surface area contributed by atoms with Gasteiger partial charge in [-0.05, 0) is 24.8 Å². The van der Waals surface area contributed by atoms with Gasteiger partial charge in [-0.3, -0.25) is 4.79 Å². The number of carboxylic acids is 1. The summed E-state index contributed by atoms with van der Waals surface area (Å²) in [5.41, 5.74) is 5.51. The van der Waals surface area contributed by atoms with E-state index in [1.165, 1.54) is 0 Å². The maximum Gasteiger partial charge on any atom is 0.332 e. The zero-order valence-electron chi connectivity index (χ0n) is 11.1. The van der Waals surface area contributed by atoms with Gasteiger partial charge in [0.2, 0.25) is 5.91 Å². The number of aliphatic hydroxyl groups excluding tert-OH is 1. The van der Waals surface area contributed by atoms with E-state index in [1.807, 2.05) is 0 Å².